The van der Waals surface area contributed by atoms with Crippen molar-refractivity contribution in [3.63, 3.8) is 0 Å². The average molecular weight is 340 g/mol. The minimum Gasteiger partial charge on any atom is -0.507 e. The van der Waals surface area contributed by atoms with Gasteiger partial charge in [0.05, 0.1) is 18.4 Å². The Morgan fingerprint density at radius 1 is 1.28 bits per heavy atom. The highest BCUT2D eigenvalue weighted by molar-refractivity contribution is 5.69. The minimum absolute atomic E-state index is 0.0252. The lowest BCUT2D eigenvalue weighted by atomic mass is 10.2. The van der Waals surface area contributed by atoms with Crippen molar-refractivity contribution in [2.45, 2.75) is 6.54 Å². The van der Waals surface area contributed by atoms with Gasteiger partial charge >= 0.3 is 5.69 Å². The Morgan fingerprint density at radius 3 is 2.88 bits per heavy atom. The zero-order valence-corrected chi connectivity index (χ0v) is 13.0. The molecule has 1 aromatic carbocycles. The van der Waals surface area contributed by atoms with Gasteiger partial charge in [-0.05, 0) is 12.1 Å². The number of nitrogens with zero attached hydrogens (tertiary/aromatic N) is 5. The molecular weight excluding hydrogens is 328 g/mol. The number of aromatic nitrogens is 6. The molecule has 0 amide bonds. The number of para-hydroxylation sites is 1. The number of phenols is 1. The van der Waals surface area contributed by atoms with Crippen LogP contribution in [-0.4, -0.2) is 34.3 Å². The molecule has 0 atom stereocenters. The largest absolute Gasteiger partial charge is 0.507 e. The number of hydrogen-bond donors (Lipinski definition) is 2. The Bertz CT molecular complexity index is 1200. The fourth-order valence-electron chi connectivity index (χ4n) is 2.54. The van der Waals surface area contributed by atoms with Crippen LogP contribution in [0, 0.1) is 0 Å². The van der Waals surface area contributed by atoms with E-state index < -0.39 is 11.2 Å². The molecule has 0 radical (unpaired) electrons. The van der Waals surface area contributed by atoms with E-state index in [2.05, 4.69) is 20.1 Å². The molecule has 0 spiro atoms. The van der Waals surface area contributed by atoms with E-state index in [0.717, 1.165) is 0 Å². The summed E-state index contributed by atoms with van der Waals surface area (Å²) in [5.41, 5.74) is -0.171. The van der Waals surface area contributed by atoms with Crippen LogP contribution in [-0.2, 0) is 13.6 Å². The molecule has 0 bridgehead atoms. The molecule has 0 unspecified atom stereocenters. The van der Waals surface area contributed by atoms with Crippen LogP contribution < -0.4 is 11.2 Å². The number of imidazole rings is 1. The molecule has 0 saturated heterocycles. The fourth-order valence-corrected chi connectivity index (χ4v) is 2.54. The Morgan fingerprint density at radius 2 is 2.08 bits per heavy atom. The maximum Gasteiger partial charge on any atom is 0.329 e. The second-order valence-electron chi connectivity index (χ2n) is 5.40. The third-order valence-electron chi connectivity index (χ3n) is 3.79. The van der Waals surface area contributed by atoms with Crippen molar-refractivity contribution in [3.05, 3.63) is 57.3 Å². The SMILES string of the molecule is Cn1c(=O)[nH]c(=O)c2c1ncn2Cc1noc(-c2ccccc2O)n1. The topological polar surface area (TPSA) is 132 Å². The van der Waals surface area contributed by atoms with E-state index in [9.17, 15) is 14.7 Å². The molecule has 10 heteroatoms. The van der Waals surface area contributed by atoms with Crippen LogP contribution in [0.2, 0.25) is 0 Å². The quantitative estimate of drug-likeness (QED) is 0.545. The van der Waals surface area contributed by atoms with Crippen molar-refractivity contribution in [2.75, 3.05) is 0 Å². The van der Waals surface area contributed by atoms with E-state index in [1.54, 1.807) is 18.2 Å². The second kappa shape index (κ2) is 5.44. The van der Waals surface area contributed by atoms with Crippen molar-refractivity contribution in [2.24, 2.45) is 7.05 Å². The molecule has 126 valence electrons. The maximum atomic E-state index is 12.1. The van der Waals surface area contributed by atoms with Crippen LogP contribution in [0.5, 0.6) is 5.75 Å². The first-order chi connectivity index (χ1) is 12.0. The average Bonchev–Trinajstić information content (AvgIpc) is 3.21. The van der Waals surface area contributed by atoms with Crippen LogP contribution >= 0.6 is 0 Å². The summed E-state index contributed by atoms with van der Waals surface area (Å²) in [5, 5.41) is 13.7. The molecule has 4 rings (SSSR count). The number of aromatic amines is 1. The number of phenolic OH excluding ortho intramolecular Hbond substituents is 1. The first kappa shape index (κ1) is 14.9. The predicted molar refractivity (Wildman–Crippen MR) is 86.1 cm³/mol. The summed E-state index contributed by atoms with van der Waals surface area (Å²) < 4.78 is 7.94. The van der Waals surface area contributed by atoms with Gasteiger partial charge in [0, 0.05) is 7.05 Å². The van der Waals surface area contributed by atoms with Crippen LogP contribution in [0.3, 0.4) is 0 Å². The van der Waals surface area contributed by atoms with E-state index in [0.29, 0.717) is 11.4 Å². The van der Waals surface area contributed by atoms with Crippen LogP contribution in [0.4, 0.5) is 0 Å². The van der Waals surface area contributed by atoms with Crippen molar-refractivity contribution in [1.29, 1.82) is 0 Å². The second-order valence-corrected chi connectivity index (χ2v) is 5.40. The van der Waals surface area contributed by atoms with Gasteiger partial charge in [0.1, 0.15) is 5.75 Å². The zero-order valence-electron chi connectivity index (χ0n) is 13.0. The number of aromatic hydroxyl groups is 1. The molecule has 0 aliphatic heterocycles. The third-order valence-corrected chi connectivity index (χ3v) is 3.79. The monoisotopic (exact) mass is 340 g/mol. The standard InChI is InChI=1S/C15H12N6O4/c1-20-12-11(13(23)18-15(20)24)21(7-16-12)6-10-17-14(25-19-10)8-4-2-3-5-9(8)22/h2-5,7,22H,6H2,1H3,(H,18,23,24). The molecule has 3 heterocycles. The van der Waals surface area contributed by atoms with Crippen molar-refractivity contribution in [1.82, 2.24) is 29.2 Å². The molecule has 25 heavy (non-hydrogen) atoms. The number of nitrogens with one attached hydrogen (secondary N) is 1. The molecule has 3 aromatic heterocycles. The number of H-pyrrole nitrogens is 1. The van der Waals surface area contributed by atoms with Gasteiger partial charge in [0.25, 0.3) is 11.4 Å². The molecule has 2 N–H and O–H groups in total. The van der Waals surface area contributed by atoms with Crippen molar-refractivity contribution < 1.29 is 9.63 Å². The van der Waals surface area contributed by atoms with Crippen molar-refractivity contribution in [3.8, 4) is 17.2 Å². The molecule has 0 aliphatic carbocycles. The van der Waals surface area contributed by atoms with Gasteiger partial charge in [-0.2, -0.15) is 4.98 Å². The highest BCUT2D eigenvalue weighted by Gasteiger charge is 2.16. The Balaban J connectivity index is 1.74. The molecule has 0 fully saturated rings. The van der Waals surface area contributed by atoms with Crippen LogP contribution in [0.25, 0.3) is 22.6 Å². The number of hydrogen-bond acceptors (Lipinski definition) is 7. The number of benzene rings is 1. The fraction of sp³-hybridized carbons (Fsp3) is 0.133. The lowest BCUT2D eigenvalue weighted by Gasteiger charge is -2.01. The summed E-state index contributed by atoms with van der Waals surface area (Å²) in [4.78, 5) is 34.2. The highest BCUT2D eigenvalue weighted by Crippen LogP contribution is 2.27. The first-order valence-corrected chi connectivity index (χ1v) is 7.29. The van der Waals surface area contributed by atoms with E-state index in [4.69, 9.17) is 4.52 Å². The predicted octanol–water partition coefficient (Wildman–Crippen LogP) is 0.227. The number of fused-ring (bicyclic) bond motifs is 1. The highest BCUT2D eigenvalue weighted by atomic mass is 16.5. The van der Waals surface area contributed by atoms with Gasteiger partial charge in [-0.1, -0.05) is 17.3 Å². The van der Waals surface area contributed by atoms with Crippen molar-refractivity contribution >= 4 is 11.2 Å². The van der Waals surface area contributed by atoms with Gasteiger partial charge in [-0.3, -0.25) is 14.3 Å². The summed E-state index contributed by atoms with van der Waals surface area (Å²) in [5.74, 6) is 0.488. The maximum absolute atomic E-state index is 12.1. The zero-order chi connectivity index (χ0) is 17.6. The summed E-state index contributed by atoms with van der Waals surface area (Å²) in [6, 6.07) is 6.59. The smallest absolute Gasteiger partial charge is 0.329 e. The minimum atomic E-state index is -0.542. The van der Waals surface area contributed by atoms with E-state index >= 15 is 0 Å². The van der Waals surface area contributed by atoms with Gasteiger partial charge < -0.3 is 14.2 Å². The molecular formula is C15H12N6O4. The first-order valence-electron chi connectivity index (χ1n) is 7.29. The Kier molecular flexibility index (Phi) is 3.24. The third kappa shape index (κ3) is 2.40. The van der Waals surface area contributed by atoms with E-state index in [-0.39, 0.29) is 29.3 Å². The van der Waals surface area contributed by atoms with Gasteiger partial charge in [-0.15, -0.1) is 0 Å². The lowest BCUT2D eigenvalue weighted by Crippen LogP contribution is -2.29. The van der Waals surface area contributed by atoms with Gasteiger partial charge in [0.2, 0.25) is 0 Å². The van der Waals surface area contributed by atoms with Crippen LogP contribution in [0.15, 0.2) is 44.7 Å². The lowest BCUT2D eigenvalue weighted by molar-refractivity contribution is 0.416. The summed E-state index contributed by atoms with van der Waals surface area (Å²) >= 11 is 0. The molecule has 0 aliphatic rings. The van der Waals surface area contributed by atoms with Gasteiger partial charge in [0.15, 0.2) is 17.0 Å². The van der Waals surface area contributed by atoms with Crippen LogP contribution in [0.1, 0.15) is 5.82 Å². The Labute approximate surface area is 139 Å². The normalized spacial score (nSPS) is 11.2. The van der Waals surface area contributed by atoms with E-state index in [1.807, 2.05) is 0 Å². The van der Waals surface area contributed by atoms with Gasteiger partial charge in [-0.25, -0.2) is 9.78 Å². The molecule has 10 nitrogen and oxygen atoms in total. The summed E-state index contributed by atoms with van der Waals surface area (Å²) in [6.45, 7) is 0.120. The molecule has 0 saturated carbocycles. The summed E-state index contributed by atoms with van der Waals surface area (Å²) in [7, 11) is 1.52. The van der Waals surface area contributed by atoms with E-state index in [1.165, 1.54) is 28.6 Å². The number of aryl methyl sites for hydroxylation is 1. The molecule has 4 aromatic rings. The Hall–Kier alpha value is -3.69. The number of rotatable bonds is 3. The summed E-state index contributed by atoms with van der Waals surface area (Å²) in [6.07, 6.45) is 1.43.